The lowest BCUT2D eigenvalue weighted by Gasteiger charge is -2.15. The molecule has 0 aromatic heterocycles. The van der Waals surface area contributed by atoms with E-state index in [1.54, 1.807) is 18.2 Å². The molecule has 1 amide bonds. The van der Waals surface area contributed by atoms with Crippen LogP contribution in [0.3, 0.4) is 0 Å². The zero-order valence-electron chi connectivity index (χ0n) is 13.4. The van der Waals surface area contributed by atoms with E-state index in [0.29, 0.717) is 0 Å². The van der Waals surface area contributed by atoms with Crippen LogP contribution in [-0.2, 0) is 10.0 Å². The van der Waals surface area contributed by atoms with Gasteiger partial charge in [0.25, 0.3) is 15.9 Å². The molecule has 0 fully saturated rings. The van der Waals surface area contributed by atoms with Crippen molar-refractivity contribution in [2.45, 2.75) is 31.2 Å². The predicted molar refractivity (Wildman–Crippen MR) is 90.9 cm³/mol. The van der Waals surface area contributed by atoms with Gasteiger partial charge in [0.2, 0.25) is 0 Å². The lowest BCUT2D eigenvalue weighted by Crippen LogP contribution is -2.32. The third-order valence-electron chi connectivity index (χ3n) is 3.53. The van der Waals surface area contributed by atoms with Crippen LogP contribution in [0.5, 0.6) is 0 Å². The summed E-state index contributed by atoms with van der Waals surface area (Å²) in [6.07, 6.45) is 0.759. The Hall–Kier alpha value is -2.41. The second-order valence-corrected chi connectivity index (χ2v) is 7.07. The molecular weight excluding hydrogens is 331 g/mol. The Morgan fingerprint density at radius 1 is 1.12 bits per heavy atom. The Bertz CT molecular complexity index is 820. The molecule has 24 heavy (non-hydrogen) atoms. The number of hydrogen-bond acceptors (Lipinski definition) is 3. The number of carbonyl (C=O) groups excluding carboxylic acids is 1. The molecule has 0 spiro atoms. The lowest BCUT2D eigenvalue weighted by molar-refractivity contribution is 0.0940. The highest BCUT2D eigenvalue weighted by atomic mass is 32.2. The number of amides is 1. The first-order valence-electron chi connectivity index (χ1n) is 7.51. The zero-order valence-corrected chi connectivity index (χ0v) is 14.2. The Labute approximate surface area is 141 Å². The number of nitrogens with one attached hydrogen (secondary N) is 2. The normalized spacial score (nSPS) is 12.5. The molecule has 2 rings (SSSR count). The van der Waals surface area contributed by atoms with Crippen molar-refractivity contribution in [3.05, 3.63) is 59.9 Å². The summed E-state index contributed by atoms with van der Waals surface area (Å²) >= 11 is 0. The van der Waals surface area contributed by atoms with E-state index < -0.39 is 15.8 Å². The van der Waals surface area contributed by atoms with Crippen molar-refractivity contribution in [3.8, 4) is 0 Å². The SMILES string of the molecule is CCC(C)NC(=O)c1ccccc1NS(=O)(=O)c1ccc(F)cc1. The van der Waals surface area contributed by atoms with Crippen molar-refractivity contribution in [1.82, 2.24) is 5.32 Å². The third kappa shape index (κ3) is 4.32. The van der Waals surface area contributed by atoms with Gasteiger partial charge in [0.05, 0.1) is 16.1 Å². The Kier molecular flexibility index (Phi) is 5.56. The third-order valence-corrected chi connectivity index (χ3v) is 4.91. The highest BCUT2D eigenvalue weighted by Crippen LogP contribution is 2.20. The van der Waals surface area contributed by atoms with Crippen molar-refractivity contribution in [1.29, 1.82) is 0 Å². The highest BCUT2D eigenvalue weighted by molar-refractivity contribution is 7.92. The maximum atomic E-state index is 13.0. The summed E-state index contributed by atoms with van der Waals surface area (Å²) in [7, 11) is -3.92. The first-order chi connectivity index (χ1) is 11.3. The molecule has 0 radical (unpaired) electrons. The predicted octanol–water partition coefficient (Wildman–Crippen LogP) is 3.15. The Balaban J connectivity index is 2.30. The van der Waals surface area contributed by atoms with Crippen LogP contribution in [0.15, 0.2) is 53.4 Å². The van der Waals surface area contributed by atoms with Gasteiger partial charge in [-0.15, -0.1) is 0 Å². The Morgan fingerprint density at radius 3 is 2.38 bits per heavy atom. The summed E-state index contributed by atoms with van der Waals surface area (Å²) in [6.45, 7) is 3.80. The molecule has 7 heteroatoms. The molecule has 0 aliphatic heterocycles. The van der Waals surface area contributed by atoms with Crippen molar-refractivity contribution in [2.24, 2.45) is 0 Å². The molecule has 2 aromatic carbocycles. The first kappa shape index (κ1) is 17.9. The molecule has 2 aromatic rings. The summed E-state index contributed by atoms with van der Waals surface area (Å²) < 4.78 is 40.1. The fourth-order valence-corrected chi connectivity index (χ4v) is 3.07. The van der Waals surface area contributed by atoms with E-state index in [9.17, 15) is 17.6 Å². The molecule has 0 saturated carbocycles. The van der Waals surface area contributed by atoms with Crippen molar-refractivity contribution < 1.29 is 17.6 Å². The summed E-state index contributed by atoms with van der Waals surface area (Å²) in [5.74, 6) is -0.885. The molecule has 0 heterocycles. The van der Waals surface area contributed by atoms with Gasteiger partial charge in [-0.3, -0.25) is 9.52 Å². The average Bonchev–Trinajstić information content (AvgIpc) is 2.55. The number of halogens is 1. The summed E-state index contributed by atoms with van der Waals surface area (Å²) in [6, 6.07) is 10.8. The van der Waals surface area contributed by atoms with Crippen molar-refractivity contribution >= 4 is 21.6 Å². The van der Waals surface area contributed by atoms with E-state index in [1.807, 2.05) is 13.8 Å². The van der Waals surface area contributed by atoms with Crippen LogP contribution in [-0.4, -0.2) is 20.4 Å². The first-order valence-corrected chi connectivity index (χ1v) is 9.00. The lowest BCUT2D eigenvalue weighted by atomic mass is 10.1. The number of para-hydroxylation sites is 1. The van der Waals surface area contributed by atoms with Gasteiger partial charge in [0.1, 0.15) is 5.82 Å². The van der Waals surface area contributed by atoms with Crippen molar-refractivity contribution in [3.63, 3.8) is 0 Å². The number of sulfonamides is 1. The molecule has 1 atom stereocenters. The molecular formula is C17H19FN2O3S. The summed E-state index contributed by atoms with van der Waals surface area (Å²) in [5.41, 5.74) is 0.395. The molecule has 0 bridgehead atoms. The smallest absolute Gasteiger partial charge is 0.261 e. The van der Waals surface area contributed by atoms with Crippen LogP contribution < -0.4 is 10.0 Å². The quantitative estimate of drug-likeness (QED) is 0.840. The van der Waals surface area contributed by atoms with Gasteiger partial charge in [-0.25, -0.2) is 12.8 Å². The van der Waals surface area contributed by atoms with Crippen LogP contribution in [0.2, 0.25) is 0 Å². The molecule has 0 aliphatic rings. The van der Waals surface area contributed by atoms with Gasteiger partial charge in [-0.05, 0) is 49.7 Å². The van der Waals surface area contributed by atoms with Gasteiger partial charge in [0, 0.05) is 6.04 Å². The number of anilines is 1. The number of benzene rings is 2. The number of carbonyl (C=O) groups is 1. The second-order valence-electron chi connectivity index (χ2n) is 5.39. The van der Waals surface area contributed by atoms with Crippen LogP contribution >= 0.6 is 0 Å². The highest BCUT2D eigenvalue weighted by Gasteiger charge is 2.19. The molecule has 5 nitrogen and oxygen atoms in total. The van der Waals surface area contributed by atoms with E-state index in [4.69, 9.17) is 0 Å². The molecule has 0 saturated heterocycles. The van der Waals surface area contributed by atoms with Gasteiger partial charge >= 0.3 is 0 Å². The van der Waals surface area contributed by atoms with E-state index in [-0.39, 0.29) is 28.1 Å². The molecule has 2 N–H and O–H groups in total. The minimum absolute atomic E-state index is 0.0285. The van der Waals surface area contributed by atoms with Gasteiger partial charge in [-0.2, -0.15) is 0 Å². The fraction of sp³-hybridized carbons (Fsp3) is 0.235. The largest absolute Gasteiger partial charge is 0.350 e. The minimum Gasteiger partial charge on any atom is -0.350 e. The minimum atomic E-state index is -3.92. The number of hydrogen-bond donors (Lipinski definition) is 2. The van der Waals surface area contributed by atoms with Gasteiger partial charge < -0.3 is 5.32 Å². The van der Waals surface area contributed by atoms with E-state index in [2.05, 4.69) is 10.0 Å². The molecule has 128 valence electrons. The van der Waals surface area contributed by atoms with Crippen LogP contribution in [0, 0.1) is 5.82 Å². The van der Waals surface area contributed by atoms with Gasteiger partial charge in [0.15, 0.2) is 0 Å². The van der Waals surface area contributed by atoms with E-state index in [0.717, 1.165) is 18.6 Å². The monoisotopic (exact) mass is 350 g/mol. The average molecular weight is 350 g/mol. The summed E-state index contributed by atoms with van der Waals surface area (Å²) in [5, 5.41) is 2.80. The van der Waals surface area contributed by atoms with Gasteiger partial charge in [-0.1, -0.05) is 19.1 Å². The fourth-order valence-electron chi connectivity index (χ4n) is 1.99. The second kappa shape index (κ2) is 7.44. The summed E-state index contributed by atoms with van der Waals surface area (Å²) in [4.78, 5) is 12.2. The van der Waals surface area contributed by atoms with Crippen LogP contribution in [0.4, 0.5) is 10.1 Å². The van der Waals surface area contributed by atoms with Crippen molar-refractivity contribution in [2.75, 3.05) is 4.72 Å². The van der Waals surface area contributed by atoms with E-state index in [1.165, 1.54) is 18.2 Å². The zero-order chi connectivity index (χ0) is 17.7. The maximum Gasteiger partial charge on any atom is 0.261 e. The van der Waals surface area contributed by atoms with Crippen LogP contribution in [0.25, 0.3) is 0 Å². The topological polar surface area (TPSA) is 75.3 Å². The van der Waals surface area contributed by atoms with Crippen LogP contribution in [0.1, 0.15) is 30.6 Å². The molecule has 0 aliphatic carbocycles. The number of rotatable bonds is 6. The van der Waals surface area contributed by atoms with E-state index >= 15 is 0 Å². The molecule has 1 unspecified atom stereocenters. The Morgan fingerprint density at radius 2 is 1.75 bits per heavy atom. The standard InChI is InChI=1S/C17H19FN2O3S/c1-3-12(2)19-17(21)15-6-4-5-7-16(15)20-24(22,23)14-10-8-13(18)9-11-14/h4-12,20H,3H2,1-2H3,(H,19,21). The maximum absolute atomic E-state index is 13.0.